The van der Waals surface area contributed by atoms with Crippen molar-refractivity contribution in [1.29, 1.82) is 0 Å². The Bertz CT molecular complexity index is 1330. The van der Waals surface area contributed by atoms with Gasteiger partial charge in [0.25, 0.3) is 0 Å². The van der Waals surface area contributed by atoms with Crippen LogP contribution in [0.5, 0.6) is 0 Å². The molecule has 7 heteroatoms. The topological polar surface area (TPSA) is 104 Å². The first-order valence-electron chi connectivity index (χ1n) is 14.4. The molecular formula is C33H39NO6. The van der Waals surface area contributed by atoms with Crippen molar-refractivity contribution in [2.45, 2.75) is 76.2 Å². The van der Waals surface area contributed by atoms with Crippen molar-refractivity contribution >= 4 is 23.4 Å². The summed E-state index contributed by atoms with van der Waals surface area (Å²) in [5, 5.41) is 20.8. The van der Waals surface area contributed by atoms with Crippen LogP contribution < -0.4 is 4.90 Å². The highest BCUT2D eigenvalue weighted by atomic mass is 16.5. The number of esters is 1. The van der Waals surface area contributed by atoms with Crippen LogP contribution in [0.15, 0.2) is 47.1 Å². The van der Waals surface area contributed by atoms with Gasteiger partial charge in [-0.3, -0.25) is 14.4 Å². The molecule has 0 aromatic heterocycles. The lowest BCUT2D eigenvalue weighted by Gasteiger charge is -2.53. The first kappa shape index (κ1) is 28.2. The molecule has 4 aliphatic rings. The number of ketones is 1. The molecule has 0 aliphatic heterocycles. The lowest BCUT2D eigenvalue weighted by Crippen LogP contribution is -2.51. The van der Waals surface area contributed by atoms with Crippen LogP contribution in [0, 0.1) is 29.1 Å². The zero-order valence-electron chi connectivity index (χ0n) is 23.7. The SMILES string of the molecule is CN(C)c1ccc([C@H]2C[C@@]3(C)C(CC[C@@]3(O)C#CCOC(=O)CCC(=O)O)C3CCC4=CC(=O)CCC4=C32)cc1. The summed E-state index contributed by atoms with van der Waals surface area (Å²) in [6, 6.07) is 8.70. The maximum absolute atomic E-state index is 12.3. The summed E-state index contributed by atoms with van der Waals surface area (Å²) in [7, 11) is 4.06. The molecule has 2 N–H and O–H groups in total. The summed E-state index contributed by atoms with van der Waals surface area (Å²) >= 11 is 0. The number of anilines is 1. The summed E-state index contributed by atoms with van der Waals surface area (Å²) < 4.78 is 5.11. The number of aliphatic carboxylic acids is 1. The Morgan fingerprint density at radius 3 is 2.55 bits per heavy atom. The molecule has 0 spiro atoms. The molecule has 212 valence electrons. The van der Waals surface area contributed by atoms with Gasteiger partial charge in [-0.25, -0.2) is 0 Å². The molecule has 0 radical (unpaired) electrons. The smallest absolute Gasteiger partial charge is 0.307 e. The number of carboxylic acid groups (broad SMARTS) is 1. The maximum Gasteiger partial charge on any atom is 0.307 e. The molecule has 2 unspecified atom stereocenters. The molecule has 2 fully saturated rings. The molecule has 0 amide bonds. The summed E-state index contributed by atoms with van der Waals surface area (Å²) in [4.78, 5) is 36.9. The predicted molar refractivity (Wildman–Crippen MR) is 152 cm³/mol. The molecule has 0 heterocycles. The highest BCUT2D eigenvalue weighted by Crippen LogP contribution is 2.66. The number of carboxylic acids is 1. The number of rotatable bonds is 6. The van der Waals surface area contributed by atoms with Crippen molar-refractivity contribution in [3.05, 3.63) is 52.6 Å². The zero-order chi connectivity index (χ0) is 28.7. The number of hydrogen-bond acceptors (Lipinski definition) is 6. The first-order chi connectivity index (χ1) is 19.0. The van der Waals surface area contributed by atoms with Crippen molar-refractivity contribution in [1.82, 2.24) is 0 Å². The largest absolute Gasteiger partial charge is 0.481 e. The van der Waals surface area contributed by atoms with Crippen molar-refractivity contribution in [3.8, 4) is 11.8 Å². The average Bonchev–Trinajstić information content (AvgIpc) is 3.19. The molecule has 5 atom stereocenters. The van der Waals surface area contributed by atoms with Gasteiger partial charge in [-0.2, -0.15) is 0 Å². The van der Waals surface area contributed by atoms with Crippen LogP contribution in [0.2, 0.25) is 0 Å². The highest BCUT2D eigenvalue weighted by Gasteiger charge is 2.62. The monoisotopic (exact) mass is 545 g/mol. The minimum absolute atomic E-state index is 0.120. The van der Waals surface area contributed by atoms with Crippen LogP contribution in [-0.2, 0) is 19.1 Å². The van der Waals surface area contributed by atoms with Gasteiger partial charge in [0.2, 0.25) is 0 Å². The van der Waals surface area contributed by atoms with E-state index in [1.807, 2.05) is 20.2 Å². The third-order valence-corrected chi connectivity index (χ3v) is 9.84. The highest BCUT2D eigenvalue weighted by molar-refractivity contribution is 5.93. The van der Waals surface area contributed by atoms with E-state index in [1.165, 1.54) is 22.3 Å². The van der Waals surface area contributed by atoms with E-state index < -0.39 is 23.0 Å². The molecule has 0 saturated heterocycles. The van der Waals surface area contributed by atoms with E-state index in [-0.39, 0.29) is 37.1 Å². The molecule has 7 nitrogen and oxygen atoms in total. The second kappa shape index (κ2) is 10.9. The van der Waals surface area contributed by atoms with Crippen molar-refractivity contribution in [2.24, 2.45) is 17.3 Å². The fourth-order valence-corrected chi connectivity index (χ4v) is 7.75. The van der Waals surface area contributed by atoms with Crippen LogP contribution in [0.1, 0.15) is 76.2 Å². The van der Waals surface area contributed by atoms with Gasteiger partial charge >= 0.3 is 11.9 Å². The summed E-state index contributed by atoms with van der Waals surface area (Å²) in [5.74, 6) is 5.27. The van der Waals surface area contributed by atoms with Crippen LogP contribution >= 0.6 is 0 Å². The van der Waals surface area contributed by atoms with Gasteiger partial charge in [-0.15, -0.1) is 0 Å². The minimum atomic E-state index is -1.22. The van der Waals surface area contributed by atoms with Crippen LogP contribution in [0.4, 0.5) is 5.69 Å². The van der Waals surface area contributed by atoms with Gasteiger partial charge in [0.15, 0.2) is 12.4 Å². The Kier molecular flexibility index (Phi) is 7.67. The number of allylic oxidation sites excluding steroid dienone is 4. The van der Waals surface area contributed by atoms with E-state index in [1.54, 1.807) is 0 Å². The fraction of sp³-hybridized carbons (Fsp3) is 0.545. The van der Waals surface area contributed by atoms with E-state index in [9.17, 15) is 19.5 Å². The van der Waals surface area contributed by atoms with E-state index in [0.29, 0.717) is 18.8 Å². The van der Waals surface area contributed by atoms with E-state index in [4.69, 9.17) is 9.84 Å². The molecule has 5 rings (SSSR count). The quantitative estimate of drug-likeness (QED) is 0.391. The van der Waals surface area contributed by atoms with Crippen LogP contribution in [-0.4, -0.2) is 54.2 Å². The normalized spacial score (nSPS) is 30.8. The fourth-order valence-electron chi connectivity index (χ4n) is 7.75. The number of fused-ring (bicyclic) bond motifs is 4. The standard InChI is InChI=1S/C33H39NO6/c1-32-20-27(21-5-8-23(9-6-21)34(2)3)31-25-12-10-24(35)19-22(25)7-11-26(31)28(32)15-17-33(32,39)16-4-18-40-30(38)14-13-29(36)37/h5-6,8-9,19,26-28,39H,7,10-15,17-18,20H2,1-3H3,(H,36,37)/t26?,27-,28?,32+,33+/m1/s1. The minimum Gasteiger partial charge on any atom is -0.481 e. The molecule has 1 aromatic carbocycles. The predicted octanol–water partition coefficient (Wildman–Crippen LogP) is 4.79. The summed E-state index contributed by atoms with van der Waals surface area (Å²) in [6.45, 7) is 2.01. The zero-order valence-corrected chi connectivity index (χ0v) is 23.7. The maximum atomic E-state index is 12.3. The van der Waals surface area contributed by atoms with Gasteiger partial charge in [-0.1, -0.05) is 36.5 Å². The Hall–Kier alpha value is -3.37. The summed E-state index contributed by atoms with van der Waals surface area (Å²) in [5.41, 5.74) is 4.72. The Labute approximate surface area is 236 Å². The van der Waals surface area contributed by atoms with Gasteiger partial charge in [0.1, 0.15) is 5.60 Å². The van der Waals surface area contributed by atoms with Crippen molar-refractivity contribution in [2.75, 3.05) is 25.6 Å². The Morgan fingerprint density at radius 2 is 1.85 bits per heavy atom. The van der Waals surface area contributed by atoms with Crippen molar-refractivity contribution < 1.29 is 29.3 Å². The molecule has 1 aromatic rings. The number of aliphatic hydroxyl groups is 1. The third-order valence-electron chi connectivity index (χ3n) is 9.84. The average molecular weight is 546 g/mol. The van der Waals surface area contributed by atoms with Crippen LogP contribution in [0.25, 0.3) is 0 Å². The van der Waals surface area contributed by atoms with E-state index in [2.05, 4.69) is 47.9 Å². The molecular weight excluding hydrogens is 506 g/mol. The van der Waals surface area contributed by atoms with E-state index in [0.717, 1.165) is 37.8 Å². The lowest BCUT2D eigenvalue weighted by atomic mass is 9.51. The molecule has 4 aliphatic carbocycles. The van der Waals surface area contributed by atoms with Gasteiger partial charge in [0.05, 0.1) is 12.8 Å². The van der Waals surface area contributed by atoms with Gasteiger partial charge in [-0.05, 0) is 85.3 Å². The van der Waals surface area contributed by atoms with Gasteiger partial charge in [0, 0.05) is 37.5 Å². The van der Waals surface area contributed by atoms with Crippen molar-refractivity contribution in [3.63, 3.8) is 0 Å². The van der Waals surface area contributed by atoms with Gasteiger partial charge < -0.3 is 19.8 Å². The Morgan fingerprint density at radius 1 is 1.10 bits per heavy atom. The third kappa shape index (κ3) is 5.10. The van der Waals surface area contributed by atoms with E-state index >= 15 is 0 Å². The summed E-state index contributed by atoms with van der Waals surface area (Å²) in [6.07, 6.45) is 6.78. The first-order valence-corrected chi connectivity index (χ1v) is 14.4. The number of carbonyl (C=O) groups excluding carboxylic acids is 2. The number of carbonyl (C=O) groups is 3. The molecule has 40 heavy (non-hydrogen) atoms. The lowest BCUT2D eigenvalue weighted by molar-refractivity contribution is -0.146. The molecule has 2 saturated carbocycles. The Balaban J connectivity index is 1.48. The number of nitrogens with zero attached hydrogens (tertiary/aromatic N) is 1. The van der Waals surface area contributed by atoms with Crippen LogP contribution in [0.3, 0.4) is 0 Å². The number of benzene rings is 1. The number of hydrogen-bond donors (Lipinski definition) is 2. The number of ether oxygens (including phenoxy) is 1. The second-order valence-corrected chi connectivity index (χ2v) is 12.2. The molecule has 0 bridgehead atoms. The second-order valence-electron chi connectivity index (χ2n) is 12.2.